The summed E-state index contributed by atoms with van der Waals surface area (Å²) >= 11 is 0. The number of imidazole rings is 1. The van der Waals surface area contributed by atoms with Gasteiger partial charge in [-0.3, -0.25) is 9.59 Å². The number of nitrogens with zero attached hydrogens (tertiary/aromatic N) is 4. The van der Waals surface area contributed by atoms with Crippen LogP contribution in [-0.2, 0) is 11.3 Å². The molecule has 1 aromatic carbocycles. The lowest BCUT2D eigenvalue weighted by Crippen LogP contribution is -2.38. The van der Waals surface area contributed by atoms with Crippen molar-refractivity contribution in [3.8, 4) is 0 Å². The second-order valence-corrected chi connectivity index (χ2v) is 9.10. The van der Waals surface area contributed by atoms with Crippen LogP contribution in [0.5, 0.6) is 0 Å². The van der Waals surface area contributed by atoms with Crippen LogP contribution in [0.3, 0.4) is 0 Å². The topological polar surface area (TPSA) is 70.5 Å². The molecule has 1 N–H and O–H groups in total. The molecule has 0 unspecified atom stereocenters. The first-order valence-corrected chi connectivity index (χ1v) is 11.9. The van der Waals surface area contributed by atoms with Gasteiger partial charge in [0.05, 0.1) is 0 Å². The van der Waals surface area contributed by atoms with Crippen LogP contribution in [0, 0.1) is 13.8 Å². The minimum Gasteiger partial charge on any atom is -0.372 e. The van der Waals surface area contributed by atoms with Crippen LogP contribution in [0.4, 0.5) is 5.69 Å². The molecular weight excluding hydrogens is 402 g/mol. The molecule has 0 spiro atoms. The fraction of sp³-hybridized carbons (Fsp3) is 0.560. The number of piperidine rings is 2. The number of anilines is 1. The van der Waals surface area contributed by atoms with Crippen LogP contribution in [0.1, 0.15) is 72.6 Å². The summed E-state index contributed by atoms with van der Waals surface area (Å²) < 4.78 is 2.18. The summed E-state index contributed by atoms with van der Waals surface area (Å²) in [6, 6.07) is 8.80. The van der Waals surface area contributed by atoms with E-state index in [2.05, 4.69) is 44.0 Å². The summed E-state index contributed by atoms with van der Waals surface area (Å²) in [4.78, 5) is 33.4. The first-order valence-electron chi connectivity index (χ1n) is 11.9. The molecule has 2 aromatic rings. The number of aryl methyl sites for hydroxylation is 1. The van der Waals surface area contributed by atoms with E-state index in [1.807, 2.05) is 18.7 Å². The smallest absolute Gasteiger partial charge is 0.272 e. The Bertz CT molecular complexity index is 951. The van der Waals surface area contributed by atoms with Gasteiger partial charge in [0.1, 0.15) is 11.5 Å². The zero-order valence-corrected chi connectivity index (χ0v) is 19.6. The van der Waals surface area contributed by atoms with Gasteiger partial charge in [0.15, 0.2) is 0 Å². The lowest BCUT2D eigenvalue weighted by atomic mass is 10.0. The number of benzene rings is 1. The van der Waals surface area contributed by atoms with E-state index < -0.39 is 0 Å². The quantitative estimate of drug-likeness (QED) is 0.776. The Hall–Kier alpha value is -2.83. The molecule has 0 bridgehead atoms. The molecule has 2 fully saturated rings. The van der Waals surface area contributed by atoms with Crippen molar-refractivity contribution in [2.75, 3.05) is 31.1 Å². The minimum atomic E-state index is -0.134. The summed E-state index contributed by atoms with van der Waals surface area (Å²) in [6.45, 7) is 9.81. The minimum absolute atomic E-state index is 0.131. The average molecular weight is 438 g/mol. The van der Waals surface area contributed by atoms with Gasteiger partial charge in [0.25, 0.3) is 5.91 Å². The van der Waals surface area contributed by atoms with Crippen LogP contribution < -0.4 is 10.2 Å². The zero-order valence-electron chi connectivity index (χ0n) is 19.6. The summed E-state index contributed by atoms with van der Waals surface area (Å²) in [5.74, 6) is 0.858. The van der Waals surface area contributed by atoms with Crippen molar-refractivity contribution in [3.63, 3.8) is 0 Å². The predicted octanol–water partition coefficient (Wildman–Crippen LogP) is 3.60. The molecule has 2 amide bonds. The van der Waals surface area contributed by atoms with Crippen molar-refractivity contribution < 1.29 is 9.59 Å². The fourth-order valence-corrected chi connectivity index (χ4v) is 5.09. The van der Waals surface area contributed by atoms with Crippen molar-refractivity contribution in [1.82, 2.24) is 19.8 Å². The van der Waals surface area contributed by atoms with Crippen molar-refractivity contribution in [2.45, 2.75) is 65.5 Å². The van der Waals surface area contributed by atoms with Gasteiger partial charge < -0.3 is 19.7 Å². The van der Waals surface area contributed by atoms with Crippen molar-refractivity contribution in [3.05, 3.63) is 47.0 Å². The second kappa shape index (κ2) is 9.76. The Morgan fingerprint density at radius 1 is 1.00 bits per heavy atom. The molecule has 7 nitrogen and oxygen atoms in total. The van der Waals surface area contributed by atoms with Gasteiger partial charge >= 0.3 is 0 Å². The number of nitrogens with one attached hydrogen (secondary N) is 1. The monoisotopic (exact) mass is 437 g/mol. The third kappa shape index (κ3) is 4.81. The Morgan fingerprint density at radius 3 is 2.28 bits per heavy atom. The maximum absolute atomic E-state index is 12.9. The highest BCUT2D eigenvalue weighted by atomic mass is 16.2. The van der Waals surface area contributed by atoms with Gasteiger partial charge in [-0.2, -0.15) is 0 Å². The Morgan fingerprint density at radius 2 is 1.66 bits per heavy atom. The molecule has 1 aromatic heterocycles. The molecule has 0 radical (unpaired) electrons. The Kier molecular flexibility index (Phi) is 6.82. The molecule has 2 saturated heterocycles. The lowest BCUT2D eigenvalue weighted by molar-refractivity contribution is -0.130. The molecule has 0 atom stereocenters. The maximum Gasteiger partial charge on any atom is 0.272 e. The van der Waals surface area contributed by atoms with E-state index in [0.29, 0.717) is 12.2 Å². The average Bonchev–Trinajstić information content (AvgIpc) is 3.12. The number of aromatic nitrogens is 2. The Balaban J connectivity index is 1.36. The standard InChI is InChI=1S/C25H35N5O2/c1-18-24(27-19(2)30(18)23-11-15-28(16-12-23)20(3)31)25(32)26-17-21-7-9-22(10-8-21)29-13-5-4-6-14-29/h7-10,23H,4-6,11-17H2,1-3H3,(H,26,32). The number of hydrogen-bond donors (Lipinski definition) is 1. The van der Waals surface area contributed by atoms with E-state index in [-0.39, 0.29) is 17.9 Å². The van der Waals surface area contributed by atoms with Gasteiger partial charge in [-0.25, -0.2) is 4.98 Å². The van der Waals surface area contributed by atoms with E-state index in [1.165, 1.54) is 24.9 Å². The number of likely N-dealkylation sites (tertiary alicyclic amines) is 1. The number of carbonyl (C=O) groups is 2. The van der Waals surface area contributed by atoms with Gasteiger partial charge in [-0.15, -0.1) is 0 Å². The molecule has 32 heavy (non-hydrogen) atoms. The van der Waals surface area contributed by atoms with Crippen molar-refractivity contribution in [2.24, 2.45) is 0 Å². The van der Waals surface area contributed by atoms with Gasteiger partial charge in [-0.1, -0.05) is 12.1 Å². The van der Waals surface area contributed by atoms with Crippen molar-refractivity contribution >= 4 is 17.5 Å². The van der Waals surface area contributed by atoms with Gasteiger partial charge in [-0.05, 0) is 63.6 Å². The van der Waals surface area contributed by atoms with Crippen LogP contribution in [-0.4, -0.2) is 52.4 Å². The highest BCUT2D eigenvalue weighted by molar-refractivity contribution is 5.93. The van der Waals surface area contributed by atoms with Crippen molar-refractivity contribution in [1.29, 1.82) is 0 Å². The van der Waals surface area contributed by atoms with E-state index >= 15 is 0 Å². The third-order valence-electron chi connectivity index (χ3n) is 6.93. The Labute approximate surface area is 190 Å². The normalized spacial score (nSPS) is 17.5. The van der Waals surface area contributed by atoms with Crippen LogP contribution in [0.15, 0.2) is 24.3 Å². The number of rotatable bonds is 5. The number of carbonyl (C=O) groups excluding carboxylic acids is 2. The van der Waals surface area contributed by atoms with Gasteiger partial charge in [0.2, 0.25) is 5.91 Å². The third-order valence-corrected chi connectivity index (χ3v) is 6.93. The zero-order chi connectivity index (χ0) is 22.7. The molecule has 7 heteroatoms. The van der Waals surface area contributed by atoms with Crippen LogP contribution >= 0.6 is 0 Å². The van der Waals surface area contributed by atoms with E-state index in [4.69, 9.17) is 0 Å². The highest BCUT2D eigenvalue weighted by Crippen LogP contribution is 2.27. The molecule has 4 rings (SSSR count). The molecule has 0 saturated carbocycles. The molecular formula is C25H35N5O2. The molecule has 2 aliphatic rings. The molecule has 0 aliphatic carbocycles. The summed E-state index contributed by atoms with van der Waals surface area (Å²) in [7, 11) is 0. The molecule has 172 valence electrons. The summed E-state index contributed by atoms with van der Waals surface area (Å²) in [6.07, 6.45) is 5.63. The highest BCUT2D eigenvalue weighted by Gasteiger charge is 2.27. The predicted molar refractivity (Wildman–Crippen MR) is 126 cm³/mol. The number of amides is 2. The summed E-state index contributed by atoms with van der Waals surface area (Å²) in [5.41, 5.74) is 3.76. The van der Waals surface area contributed by atoms with E-state index in [0.717, 1.165) is 56.1 Å². The van der Waals surface area contributed by atoms with Crippen LogP contribution in [0.2, 0.25) is 0 Å². The van der Waals surface area contributed by atoms with E-state index in [9.17, 15) is 9.59 Å². The molecule has 2 aliphatic heterocycles. The fourth-order valence-electron chi connectivity index (χ4n) is 5.09. The first kappa shape index (κ1) is 22.4. The lowest BCUT2D eigenvalue weighted by Gasteiger charge is -2.33. The largest absolute Gasteiger partial charge is 0.372 e. The summed E-state index contributed by atoms with van der Waals surface area (Å²) in [5, 5.41) is 3.04. The first-order chi connectivity index (χ1) is 15.4. The SMILES string of the molecule is CC(=O)N1CCC(n2c(C)nc(C(=O)NCc3ccc(N4CCCCC4)cc3)c2C)CC1. The van der Waals surface area contributed by atoms with E-state index in [1.54, 1.807) is 6.92 Å². The van der Waals surface area contributed by atoms with Crippen LogP contribution in [0.25, 0.3) is 0 Å². The van der Waals surface area contributed by atoms with Gasteiger partial charge in [0, 0.05) is 57.1 Å². The number of hydrogen-bond acceptors (Lipinski definition) is 4. The second-order valence-electron chi connectivity index (χ2n) is 9.10. The maximum atomic E-state index is 12.9. The molecule has 3 heterocycles.